The average molecular weight is 369 g/mol. The Hall–Kier alpha value is -2.69. The van der Waals surface area contributed by atoms with Crippen molar-refractivity contribution < 1.29 is 31.1 Å². The second-order valence-corrected chi connectivity index (χ2v) is 6.28. The highest BCUT2D eigenvalue weighted by atomic mass is 19.3. The van der Waals surface area contributed by atoms with Gasteiger partial charge in [0.2, 0.25) is 0 Å². The zero-order valence-corrected chi connectivity index (χ0v) is 12.9. The lowest BCUT2D eigenvalue weighted by molar-refractivity contribution is -0.216. The average Bonchev–Trinajstić information content (AvgIpc) is 2.98. The number of nitrogens with zero attached hydrogens (tertiary/aromatic N) is 1. The minimum Gasteiger partial charge on any atom is -0.457 e. The maximum Gasteiger partial charge on any atom is 0.336 e. The van der Waals surface area contributed by atoms with Crippen molar-refractivity contribution in [1.82, 2.24) is 0 Å². The van der Waals surface area contributed by atoms with Gasteiger partial charge in [0.25, 0.3) is 0 Å². The van der Waals surface area contributed by atoms with Gasteiger partial charge >= 0.3 is 11.8 Å². The van der Waals surface area contributed by atoms with E-state index in [1.165, 1.54) is 6.07 Å². The predicted molar refractivity (Wildman–Crippen MR) is 77.7 cm³/mol. The van der Waals surface area contributed by atoms with E-state index in [1.807, 2.05) is 0 Å². The molecule has 4 rings (SSSR count). The minimum atomic E-state index is -4.40. The number of benzene rings is 2. The van der Waals surface area contributed by atoms with Crippen LogP contribution < -0.4 is 4.74 Å². The van der Waals surface area contributed by atoms with E-state index in [9.17, 15) is 26.3 Å². The van der Waals surface area contributed by atoms with Crippen molar-refractivity contribution in [2.75, 3.05) is 0 Å². The van der Waals surface area contributed by atoms with Crippen LogP contribution >= 0.6 is 0 Å². The third-order valence-corrected chi connectivity index (χ3v) is 4.77. The highest BCUT2D eigenvalue weighted by molar-refractivity contribution is 5.58. The van der Waals surface area contributed by atoms with E-state index < -0.39 is 47.3 Å². The first-order valence-corrected chi connectivity index (χ1v) is 7.62. The molecule has 0 fully saturated rings. The van der Waals surface area contributed by atoms with Crippen LogP contribution in [0.3, 0.4) is 0 Å². The highest BCUT2D eigenvalue weighted by Gasteiger charge is 2.71. The highest BCUT2D eigenvalue weighted by Crippen LogP contribution is 2.66. The van der Waals surface area contributed by atoms with E-state index in [2.05, 4.69) is 0 Å². The van der Waals surface area contributed by atoms with Gasteiger partial charge in [-0.25, -0.2) is 8.78 Å². The molecule has 2 aromatic rings. The molecule has 2 aliphatic carbocycles. The molecule has 2 aliphatic rings. The van der Waals surface area contributed by atoms with Crippen LogP contribution in [0.15, 0.2) is 30.3 Å². The van der Waals surface area contributed by atoms with Crippen LogP contribution in [0.4, 0.5) is 26.3 Å². The summed E-state index contributed by atoms with van der Waals surface area (Å²) >= 11 is 0. The fraction of sp³-hybridized carbons (Fsp3) is 0.278. The van der Waals surface area contributed by atoms with Gasteiger partial charge in [-0.1, -0.05) is 0 Å². The Labute approximate surface area is 143 Å². The molecule has 0 saturated carbocycles. The Morgan fingerprint density at radius 3 is 2.50 bits per heavy atom. The van der Waals surface area contributed by atoms with Gasteiger partial charge in [-0.3, -0.25) is 0 Å². The third-order valence-electron chi connectivity index (χ3n) is 4.77. The molecule has 134 valence electrons. The first kappa shape index (κ1) is 16.8. The van der Waals surface area contributed by atoms with Crippen LogP contribution in [0.25, 0.3) is 0 Å². The molecule has 2 nitrogen and oxygen atoms in total. The monoisotopic (exact) mass is 369 g/mol. The molecular weight excluding hydrogens is 360 g/mol. The van der Waals surface area contributed by atoms with Gasteiger partial charge in [-0.15, -0.1) is 0 Å². The van der Waals surface area contributed by atoms with E-state index in [0.717, 1.165) is 24.3 Å². The molecule has 0 aliphatic heterocycles. The summed E-state index contributed by atoms with van der Waals surface area (Å²) in [6.07, 6.45) is -2.69. The molecule has 0 heterocycles. The number of ether oxygens (including phenoxy) is 1. The van der Waals surface area contributed by atoms with Crippen molar-refractivity contribution in [2.45, 2.75) is 30.4 Å². The van der Waals surface area contributed by atoms with Crippen LogP contribution in [-0.2, 0) is 5.92 Å². The van der Waals surface area contributed by atoms with Crippen molar-refractivity contribution in [2.24, 2.45) is 0 Å². The Bertz CT molecular complexity index is 965. The second kappa shape index (κ2) is 5.16. The predicted octanol–water partition coefficient (Wildman–Crippen LogP) is 5.73. The lowest BCUT2D eigenvalue weighted by atomic mass is 10.0. The van der Waals surface area contributed by atoms with Gasteiger partial charge in [-0.2, -0.15) is 22.8 Å². The van der Waals surface area contributed by atoms with Crippen LogP contribution in [-0.4, -0.2) is 5.92 Å². The van der Waals surface area contributed by atoms with E-state index in [1.54, 1.807) is 6.07 Å². The first-order chi connectivity index (χ1) is 12.2. The summed E-state index contributed by atoms with van der Waals surface area (Å²) in [5, 5.41) is 8.85. The van der Waals surface area contributed by atoms with Crippen LogP contribution in [0.2, 0.25) is 0 Å². The molecule has 8 heteroatoms. The van der Waals surface area contributed by atoms with Crippen molar-refractivity contribution in [3.05, 3.63) is 58.4 Å². The molecule has 0 aromatic heterocycles. The number of halogens is 6. The number of nitriles is 1. The van der Waals surface area contributed by atoms with E-state index >= 15 is 0 Å². The topological polar surface area (TPSA) is 33.0 Å². The summed E-state index contributed by atoms with van der Waals surface area (Å²) in [6.45, 7) is 0. The molecule has 0 amide bonds. The fourth-order valence-corrected chi connectivity index (χ4v) is 3.66. The van der Waals surface area contributed by atoms with Crippen molar-refractivity contribution in [3.63, 3.8) is 0 Å². The summed E-state index contributed by atoms with van der Waals surface area (Å²) in [5.41, 5.74) is -1.79. The summed E-state index contributed by atoms with van der Waals surface area (Å²) in [4.78, 5) is 0. The van der Waals surface area contributed by atoms with Gasteiger partial charge in [0.1, 0.15) is 23.5 Å². The summed E-state index contributed by atoms with van der Waals surface area (Å²) in [5.74, 6) is -11.9. The molecule has 2 atom stereocenters. The van der Waals surface area contributed by atoms with Gasteiger partial charge in [0.15, 0.2) is 0 Å². The quantitative estimate of drug-likeness (QED) is 0.634. The molecule has 0 radical (unpaired) electrons. The van der Waals surface area contributed by atoms with Crippen LogP contribution in [0, 0.1) is 17.1 Å². The Kier molecular flexibility index (Phi) is 3.33. The van der Waals surface area contributed by atoms with Crippen LogP contribution in [0.1, 0.15) is 40.8 Å². The second-order valence-electron chi connectivity index (χ2n) is 6.28. The molecule has 0 N–H and O–H groups in total. The van der Waals surface area contributed by atoms with Crippen molar-refractivity contribution in [3.8, 4) is 17.6 Å². The molecule has 1 unspecified atom stereocenters. The molecular formula is C18H9F6NO. The van der Waals surface area contributed by atoms with Crippen molar-refractivity contribution in [1.29, 1.82) is 5.26 Å². The van der Waals surface area contributed by atoms with Crippen molar-refractivity contribution >= 4 is 0 Å². The maximum atomic E-state index is 14.4. The standard InChI is InChI=1S/C18H9F6NO/c19-9-3-8(7-25)4-10(5-9)26-14-2-1-11-15-12(6-13(20)16(14)15)18(23,24)17(11,21)22/h1-5,12-13H,6H2/t12?,13-/m0/s1. The Morgan fingerprint density at radius 1 is 1.08 bits per heavy atom. The maximum absolute atomic E-state index is 14.4. The molecule has 0 saturated heterocycles. The van der Waals surface area contributed by atoms with Gasteiger partial charge < -0.3 is 4.74 Å². The normalized spacial score (nSPS) is 24.2. The minimum absolute atomic E-state index is 0.0645. The zero-order chi connectivity index (χ0) is 18.9. The largest absolute Gasteiger partial charge is 0.457 e. The Balaban J connectivity index is 1.84. The first-order valence-electron chi connectivity index (χ1n) is 7.62. The zero-order valence-electron chi connectivity index (χ0n) is 12.9. The summed E-state index contributed by atoms with van der Waals surface area (Å²) in [6, 6.07) is 6.50. The summed E-state index contributed by atoms with van der Waals surface area (Å²) in [7, 11) is 0. The van der Waals surface area contributed by atoms with Gasteiger partial charge in [-0.05, 0) is 36.2 Å². The van der Waals surface area contributed by atoms with E-state index in [4.69, 9.17) is 10.00 Å². The van der Waals surface area contributed by atoms with Gasteiger partial charge in [0.05, 0.1) is 17.6 Å². The number of hydrogen-bond donors (Lipinski definition) is 0. The smallest absolute Gasteiger partial charge is 0.336 e. The lowest BCUT2D eigenvalue weighted by Gasteiger charge is -2.24. The Morgan fingerprint density at radius 2 is 1.81 bits per heavy atom. The lowest BCUT2D eigenvalue weighted by Crippen LogP contribution is -2.36. The third kappa shape index (κ3) is 2.06. The SMILES string of the molecule is N#Cc1cc(F)cc(Oc2ccc3c4c2[C@@H](F)CC4C(F)(F)C3(F)F)c1. The molecule has 0 bridgehead atoms. The van der Waals surface area contributed by atoms with E-state index in [-0.39, 0.29) is 22.6 Å². The molecule has 26 heavy (non-hydrogen) atoms. The molecule has 2 aromatic carbocycles. The fourth-order valence-electron chi connectivity index (χ4n) is 3.66. The van der Waals surface area contributed by atoms with E-state index in [0.29, 0.717) is 0 Å². The number of rotatable bonds is 2. The van der Waals surface area contributed by atoms with Gasteiger partial charge in [0, 0.05) is 17.2 Å². The van der Waals surface area contributed by atoms with Crippen LogP contribution in [0.5, 0.6) is 11.5 Å². The summed E-state index contributed by atoms with van der Waals surface area (Å²) < 4.78 is 89.4. The molecule has 0 spiro atoms. The number of alkyl halides is 5. The number of hydrogen-bond acceptors (Lipinski definition) is 2.